The number of hydrogen-bond acceptors (Lipinski definition) is 6. The maximum atomic E-state index is 13.3. The van der Waals surface area contributed by atoms with Gasteiger partial charge in [-0.2, -0.15) is 5.26 Å². The lowest BCUT2D eigenvalue weighted by Gasteiger charge is -2.16. The third kappa shape index (κ3) is 3.58. The highest BCUT2D eigenvalue weighted by Crippen LogP contribution is 2.25. The molecule has 0 atom stereocenters. The van der Waals surface area contributed by atoms with Crippen molar-refractivity contribution in [2.45, 2.75) is 5.16 Å². The second-order valence-electron chi connectivity index (χ2n) is 7.37. The fraction of sp³-hybridized carbons (Fsp3) is 0.0800. The molecule has 1 aliphatic heterocycles. The first-order valence-electron chi connectivity index (χ1n) is 10.2. The molecule has 1 aromatic heterocycles. The van der Waals surface area contributed by atoms with Gasteiger partial charge in [-0.15, -0.1) is 0 Å². The zero-order valence-electron chi connectivity index (χ0n) is 17.3. The molecule has 0 saturated carbocycles. The summed E-state index contributed by atoms with van der Waals surface area (Å²) >= 11 is 1.29. The Bertz CT molecular complexity index is 1480. The van der Waals surface area contributed by atoms with Crippen LogP contribution in [0.2, 0.25) is 0 Å². The molecule has 0 N–H and O–H groups in total. The van der Waals surface area contributed by atoms with Crippen molar-refractivity contribution in [3.8, 4) is 11.8 Å². The van der Waals surface area contributed by atoms with Crippen molar-refractivity contribution < 1.29 is 9.59 Å². The van der Waals surface area contributed by atoms with E-state index in [4.69, 9.17) is 5.26 Å². The quantitative estimate of drug-likeness (QED) is 0.261. The van der Waals surface area contributed by atoms with E-state index in [2.05, 4.69) is 11.1 Å². The molecule has 0 aliphatic carbocycles. The number of benzene rings is 3. The Morgan fingerprint density at radius 1 is 0.848 bits per heavy atom. The van der Waals surface area contributed by atoms with Crippen LogP contribution < -0.4 is 5.56 Å². The van der Waals surface area contributed by atoms with Crippen LogP contribution >= 0.6 is 11.8 Å². The first-order chi connectivity index (χ1) is 16.1. The standard InChI is InChI=1S/C25H16N4O3S/c26-15-16-9-11-17(12-10-16)29-24(32)20-7-3-4-8-21(20)27-25(29)33-14-13-28-22(30)18-5-1-2-6-19(18)23(28)31/h1-12H,13-14H2. The van der Waals surface area contributed by atoms with Gasteiger partial charge in [-0.3, -0.25) is 23.9 Å². The minimum atomic E-state index is -0.313. The molecular formula is C25H16N4O3S. The van der Waals surface area contributed by atoms with Crippen LogP contribution in [0.25, 0.3) is 16.6 Å². The highest BCUT2D eigenvalue weighted by molar-refractivity contribution is 7.99. The number of nitrogens with zero attached hydrogens (tertiary/aromatic N) is 4. The molecule has 0 fully saturated rings. The first kappa shape index (κ1) is 20.7. The predicted octanol–water partition coefficient (Wildman–Crippen LogP) is 3.65. The lowest BCUT2D eigenvalue weighted by molar-refractivity contribution is 0.0664. The van der Waals surface area contributed by atoms with Crippen molar-refractivity contribution in [3.05, 3.63) is 99.8 Å². The molecule has 33 heavy (non-hydrogen) atoms. The van der Waals surface area contributed by atoms with E-state index in [9.17, 15) is 14.4 Å². The monoisotopic (exact) mass is 452 g/mol. The van der Waals surface area contributed by atoms with E-state index in [0.717, 1.165) is 0 Å². The number of carbonyl (C=O) groups excluding carboxylic acids is 2. The molecule has 0 bridgehead atoms. The number of aromatic nitrogens is 2. The number of nitriles is 1. The Kier molecular flexibility index (Phi) is 5.24. The van der Waals surface area contributed by atoms with Gasteiger partial charge in [-0.1, -0.05) is 36.0 Å². The van der Waals surface area contributed by atoms with Crippen LogP contribution in [0.3, 0.4) is 0 Å². The minimum absolute atomic E-state index is 0.188. The molecule has 0 saturated heterocycles. The van der Waals surface area contributed by atoms with Gasteiger partial charge in [-0.05, 0) is 48.5 Å². The van der Waals surface area contributed by atoms with Crippen molar-refractivity contribution in [2.75, 3.05) is 12.3 Å². The Labute approximate surface area is 192 Å². The third-order valence-electron chi connectivity index (χ3n) is 5.42. The van der Waals surface area contributed by atoms with Crippen LogP contribution in [0.4, 0.5) is 0 Å². The third-order valence-corrected chi connectivity index (χ3v) is 6.34. The molecule has 0 unspecified atom stereocenters. The van der Waals surface area contributed by atoms with Crippen LogP contribution in [0.5, 0.6) is 0 Å². The summed E-state index contributed by atoms with van der Waals surface area (Å²) in [5.74, 6) is -0.258. The van der Waals surface area contributed by atoms with Gasteiger partial charge >= 0.3 is 0 Å². The van der Waals surface area contributed by atoms with Crippen LogP contribution in [0.15, 0.2) is 82.7 Å². The van der Waals surface area contributed by atoms with E-state index >= 15 is 0 Å². The Balaban J connectivity index is 1.47. The SMILES string of the molecule is N#Cc1ccc(-n2c(SCCN3C(=O)c4ccccc4C3=O)nc3ccccc3c2=O)cc1. The zero-order chi connectivity index (χ0) is 22.9. The molecule has 3 aromatic carbocycles. The summed E-state index contributed by atoms with van der Waals surface area (Å²) in [6.45, 7) is 0.188. The summed E-state index contributed by atoms with van der Waals surface area (Å²) in [6, 6.07) is 22.6. The van der Waals surface area contributed by atoms with Gasteiger partial charge in [0, 0.05) is 12.3 Å². The summed E-state index contributed by atoms with van der Waals surface area (Å²) in [7, 11) is 0. The van der Waals surface area contributed by atoms with Crippen molar-refractivity contribution >= 4 is 34.5 Å². The van der Waals surface area contributed by atoms with Gasteiger partial charge in [0.05, 0.1) is 39.3 Å². The lowest BCUT2D eigenvalue weighted by Crippen LogP contribution is -2.32. The number of rotatable bonds is 5. The fourth-order valence-electron chi connectivity index (χ4n) is 3.79. The number of fused-ring (bicyclic) bond motifs is 2. The maximum Gasteiger partial charge on any atom is 0.266 e. The molecule has 2 amide bonds. The molecule has 1 aliphatic rings. The average molecular weight is 452 g/mol. The Morgan fingerprint density at radius 3 is 2.15 bits per heavy atom. The molecule has 160 valence electrons. The largest absolute Gasteiger partial charge is 0.273 e. The summed E-state index contributed by atoms with van der Waals surface area (Å²) in [5.41, 5.74) is 2.22. The molecule has 8 heteroatoms. The summed E-state index contributed by atoms with van der Waals surface area (Å²) in [6.07, 6.45) is 0. The first-order valence-corrected chi connectivity index (χ1v) is 11.2. The average Bonchev–Trinajstić information content (AvgIpc) is 3.09. The number of carbonyl (C=O) groups is 2. The summed E-state index contributed by atoms with van der Waals surface area (Å²) in [4.78, 5) is 44.4. The van der Waals surface area contributed by atoms with Crippen LogP contribution in [-0.2, 0) is 0 Å². The number of imide groups is 1. The predicted molar refractivity (Wildman–Crippen MR) is 125 cm³/mol. The van der Waals surface area contributed by atoms with E-state index in [0.29, 0.717) is 44.2 Å². The topological polar surface area (TPSA) is 96.1 Å². The van der Waals surface area contributed by atoms with Gasteiger partial charge in [0.1, 0.15) is 0 Å². The van der Waals surface area contributed by atoms with E-state index in [1.165, 1.54) is 21.2 Å². The molecular weight excluding hydrogens is 436 g/mol. The van der Waals surface area contributed by atoms with E-state index in [1.807, 2.05) is 6.07 Å². The maximum absolute atomic E-state index is 13.3. The van der Waals surface area contributed by atoms with Gasteiger partial charge in [-0.25, -0.2) is 4.98 Å². The number of amides is 2. The van der Waals surface area contributed by atoms with Crippen LogP contribution in [0.1, 0.15) is 26.3 Å². The van der Waals surface area contributed by atoms with Crippen molar-refractivity contribution in [2.24, 2.45) is 0 Å². The molecule has 7 nitrogen and oxygen atoms in total. The number of thioether (sulfide) groups is 1. The van der Waals surface area contributed by atoms with Gasteiger partial charge in [0.15, 0.2) is 5.16 Å². The molecule has 0 radical (unpaired) electrons. The van der Waals surface area contributed by atoms with Crippen LogP contribution in [-0.4, -0.2) is 38.6 Å². The summed E-state index contributed by atoms with van der Waals surface area (Å²) < 4.78 is 1.50. The second-order valence-corrected chi connectivity index (χ2v) is 8.43. The number of hydrogen-bond donors (Lipinski definition) is 0. The van der Waals surface area contributed by atoms with Crippen LogP contribution in [0, 0.1) is 11.3 Å². The lowest BCUT2D eigenvalue weighted by atomic mass is 10.1. The van der Waals surface area contributed by atoms with Crippen molar-refractivity contribution in [1.29, 1.82) is 5.26 Å². The Morgan fingerprint density at radius 2 is 1.48 bits per heavy atom. The normalized spacial score (nSPS) is 12.8. The van der Waals surface area contributed by atoms with Gasteiger partial charge in [0.2, 0.25) is 0 Å². The minimum Gasteiger partial charge on any atom is -0.273 e. The van der Waals surface area contributed by atoms with E-state index in [1.54, 1.807) is 66.7 Å². The van der Waals surface area contributed by atoms with Crippen molar-refractivity contribution in [1.82, 2.24) is 14.5 Å². The second kappa shape index (κ2) is 8.37. The van der Waals surface area contributed by atoms with E-state index in [-0.39, 0.29) is 23.9 Å². The number of para-hydroxylation sites is 1. The van der Waals surface area contributed by atoms with Gasteiger partial charge in [0.25, 0.3) is 17.4 Å². The smallest absolute Gasteiger partial charge is 0.266 e. The highest BCUT2D eigenvalue weighted by atomic mass is 32.2. The van der Waals surface area contributed by atoms with Crippen molar-refractivity contribution in [3.63, 3.8) is 0 Å². The van der Waals surface area contributed by atoms with E-state index < -0.39 is 0 Å². The summed E-state index contributed by atoms with van der Waals surface area (Å²) in [5, 5.41) is 10.0. The highest BCUT2D eigenvalue weighted by Gasteiger charge is 2.34. The molecule has 0 spiro atoms. The Hall–Kier alpha value is -4.22. The molecule has 5 rings (SSSR count). The molecule has 2 heterocycles. The molecule has 4 aromatic rings. The zero-order valence-corrected chi connectivity index (χ0v) is 18.1. The fourth-order valence-corrected chi connectivity index (χ4v) is 4.73. The van der Waals surface area contributed by atoms with Gasteiger partial charge < -0.3 is 0 Å².